The first-order valence-electron chi connectivity index (χ1n) is 5.81. The highest BCUT2D eigenvalue weighted by Gasteiger charge is 2.30. The molecule has 1 saturated carbocycles. The summed E-state index contributed by atoms with van der Waals surface area (Å²) in [5, 5.41) is 8.76. The van der Waals surface area contributed by atoms with Crippen molar-refractivity contribution >= 4 is 16.7 Å². The van der Waals surface area contributed by atoms with Crippen molar-refractivity contribution < 1.29 is 0 Å². The number of anilines is 1. The average Bonchev–Trinajstić information content (AvgIpc) is 3.07. The zero-order valence-corrected chi connectivity index (χ0v) is 9.64. The summed E-state index contributed by atoms with van der Waals surface area (Å²) in [5.74, 6) is 0.795. The van der Waals surface area contributed by atoms with E-state index in [-0.39, 0.29) is 0 Å². The molecule has 0 aromatic carbocycles. The van der Waals surface area contributed by atoms with Crippen molar-refractivity contribution in [3.05, 3.63) is 18.5 Å². The van der Waals surface area contributed by atoms with Gasteiger partial charge in [0.15, 0.2) is 5.65 Å². The molecule has 2 aromatic heterocycles. The number of fused-ring (bicyclic) bond motifs is 1. The van der Waals surface area contributed by atoms with Gasteiger partial charge in [0.1, 0.15) is 0 Å². The van der Waals surface area contributed by atoms with E-state index >= 15 is 0 Å². The Hall–Kier alpha value is -1.58. The van der Waals surface area contributed by atoms with Crippen LogP contribution in [0.25, 0.3) is 11.0 Å². The minimum absolute atomic E-state index is 0.470. The normalized spacial score (nSPS) is 17.6. The van der Waals surface area contributed by atoms with Crippen molar-refractivity contribution in [3.63, 3.8) is 0 Å². The molecule has 1 N–H and O–H groups in total. The number of nitrogens with zero attached hydrogens (tertiary/aromatic N) is 3. The number of nitrogens with one attached hydrogen (secondary N) is 1. The van der Waals surface area contributed by atoms with Gasteiger partial charge in [-0.05, 0) is 31.7 Å². The van der Waals surface area contributed by atoms with Gasteiger partial charge in [0.05, 0.1) is 17.6 Å². The Morgan fingerprint density at radius 2 is 2.31 bits per heavy atom. The summed E-state index contributed by atoms with van der Waals surface area (Å²) in [4.78, 5) is 4.44. The molecule has 0 spiro atoms. The highest BCUT2D eigenvalue weighted by Crippen LogP contribution is 2.40. The lowest BCUT2D eigenvalue weighted by Crippen LogP contribution is -2.09. The van der Waals surface area contributed by atoms with E-state index in [1.54, 1.807) is 0 Å². The molecule has 0 radical (unpaired) electrons. The van der Waals surface area contributed by atoms with E-state index in [4.69, 9.17) is 0 Å². The molecule has 0 saturated heterocycles. The molecule has 1 aliphatic carbocycles. The maximum atomic E-state index is 4.48. The smallest absolute Gasteiger partial charge is 0.160 e. The Kier molecular flexibility index (Phi) is 2.09. The van der Waals surface area contributed by atoms with E-state index in [0.717, 1.165) is 22.6 Å². The van der Waals surface area contributed by atoms with Crippen LogP contribution in [0.3, 0.4) is 0 Å². The average molecular weight is 216 g/mol. The third-order valence-corrected chi connectivity index (χ3v) is 3.46. The third kappa shape index (κ3) is 1.37. The van der Waals surface area contributed by atoms with Gasteiger partial charge in [-0.15, -0.1) is 0 Å². The number of pyridine rings is 1. The van der Waals surface area contributed by atoms with Gasteiger partial charge in [-0.1, -0.05) is 0 Å². The second-order valence-corrected chi connectivity index (χ2v) is 4.51. The topological polar surface area (TPSA) is 42.7 Å². The van der Waals surface area contributed by atoms with Crippen LogP contribution in [0, 0.1) is 5.92 Å². The highest BCUT2D eigenvalue weighted by atomic mass is 15.3. The van der Waals surface area contributed by atoms with Crippen LogP contribution in [0.2, 0.25) is 0 Å². The quantitative estimate of drug-likeness (QED) is 0.857. The van der Waals surface area contributed by atoms with Gasteiger partial charge in [0, 0.05) is 18.9 Å². The van der Waals surface area contributed by atoms with Gasteiger partial charge >= 0.3 is 0 Å². The van der Waals surface area contributed by atoms with E-state index in [1.807, 2.05) is 25.5 Å². The lowest BCUT2D eigenvalue weighted by atomic mass is 10.2. The molecule has 0 amide bonds. The molecule has 84 valence electrons. The maximum Gasteiger partial charge on any atom is 0.160 e. The summed E-state index contributed by atoms with van der Waals surface area (Å²) in [5.41, 5.74) is 2.09. The maximum absolute atomic E-state index is 4.48. The Morgan fingerprint density at radius 1 is 1.50 bits per heavy atom. The van der Waals surface area contributed by atoms with Crippen LogP contribution in [0.4, 0.5) is 5.69 Å². The van der Waals surface area contributed by atoms with Gasteiger partial charge in [-0.25, -0.2) is 9.67 Å². The van der Waals surface area contributed by atoms with Crippen molar-refractivity contribution in [3.8, 4) is 0 Å². The number of hydrogen-bond donors (Lipinski definition) is 1. The first kappa shape index (κ1) is 9.63. The van der Waals surface area contributed by atoms with Crippen LogP contribution < -0.4 is 5.32 Å². The SMILES string of the molecule is CNc1ccnc2c1cnn2C(C)C1CC1. The molecule has 4 heteroatoms. The van der Waals surface area contributed by atoms with Crippen molar-refractivity contribution in [2.24, 2.45) is 5.92 Å². The number of hydrogen-bond acceptors (Lipinski definition) is 3. The molecule has 0 bridgehead atoms. The minimum Gasteiger partial charge on any atom is -0.387 e. The van der Waals surface area contributed by atoms with Gasteiger partial charge in [-0.3, -0.25) is 0 Å². The van der Waals surface area contributed by atoms with Crippen molar-refractivity contribution in [1.82, 2.24) is 14.8 Å². The van der Waals surface area contributed by atoms with Gasteiger partial charge in [0.25, 0.3) is 0 Å². The largest absolute Gasteiger partial charge is 0.387 e. The van der Waals surface area contributed by atoms with Crippen LogP contribution in [0.15, 0.2) is 18.5 Å². The highest BCUT2D eigenvalue weighted by molar-refractivity contribution is 5.88. The van der Waals surface area contributed by atoms with Gasteiger partial charge in [-0.2, -0.15) is 5.10 Å². The predicted molar refractivity (Wildman–Crippen MR) is 64.5 cm³/mol. The van der Waals surface area contributed by atoms with E-state index in [0.29, 0.717) is 6.04 Å². The van der Waals surface area contributed by atoms with E-state index < -0.39 is 0 Å². The monoisotopic (exact) mass is 216 g/mol. The molecule has 2 heterocycles. The fourth-order valence-corrected chi connectivity index (χ4v) is 2.24. The standard InChI is InChI=1S/C12H16N4/c1-8(9-3-4-9)16-12-10(7-15-16)11(13-2)5-6-14-12/h5-9H,3-4H2,1-2H3,(H,13,14). The van der Waals surface area contributed by atoms with Crippen LogP contribution >= 0.6 is 0 Å². The van der Waals surface area contributed by atoms with Crippen LogP contribution in [-0.4, -0.2) is 21.8 Å². The second kappa shape index (κ2) is 3.47. The Bertz CT molecular complexity index is 513. The third-order valence-electron chi connectivity index (χ3n) is 3.46. The zero-order chi connectivity index (χ0) is 11.1. The molecular formula is C12H16N4. The molecule has 16 heavy (non-hydrogen) atoms. The fraction of sp³-hybridized carbons (Fsp3) is 0.500. The molecule has 0 aliphatic heterocycles. The summed E-state index contributed by atoms with van der Waals surface area (Å²) < 4.78 is 2.06. The molecule has 1 fully saturated rings. The van der Waals surface area contributed by atoms with Crippen molar-refractivity contribution in [2.45, 2.75) is 25.8 Å². The van der Waals surface area contributed by atoms with E-state index in [9.17, 15) is 0 Å². The Morgan fingerprint density at radius 3 is 3.00 bits per heavy atom. The lowest BCUT2D eigenvalue weighted by molar-refractivity contribution is 0.451. The number of rotatable bonds is 3. The molecule has 3 rings (SSSR count). The molecule has 4 nitrogen and oxygen atoms in total. The molecule has 1 aliphatic rings. The van der Waals surface area contributed by atoms with Crippen LogP contribution in [-0.2, 0) is 0 Å². The summed E-state index contributed by atoms with van der Waals surface area (Å²) in [6.07, 6.45) is 6.40. The lowest BCUT2D eigenvalue weighted by Gasteiger charge is -2.11. The van der Waals surface area contributed by atoms with Crippen molar-refractivity contribution in [2.75, 3.05) is 12.4 Å². The zero-order valence-electron chi connectivity index (χ0n) is 9.64. The molecule has 1 atom stereocenters. The second-order valence-electron chi connectivity index (χ2n) is 4.51. The molecule has 2 aromatic rings. The summed E-state index contributed by atoms with van der Waals surface area (Å²) >= 11 is 0. The molecular weight excluding hydrogens is 200 g/mol. The predicted octanol–water partition coefficient (Wildman–Crippen LogP) is 2.44. The van der Waals surface area contributed by atoms with Gasteiger partial charge < -0.3 is 5.32 Å². The minimum atomic E-state index is 0.470. The number of aromatic nitrogens is 3. The van der Waals surface area contributed by atoms with Crippen LogP contribution in [0.1, 0.15) is 25.8 Å². The van der Waals surface area contributed by atoms with Crippen molar-refractivity contribution in [1.29, 1.82) is 0 Å². The summed E-state index contributed by atoms with van der Waals surface area (Å²) in [6, 6.07) is 2.45. The summed E-state index contributed by atoms with van der Waals surface area (Å²) in [6.45, 7) is 2.23. The van der Waals surface area contributed by atoms with E-state index in [2.05, 4.69) is 27.0 Å². The van der Waals surface area contributed by atoms with Crippen LogP contribution in [0.5, 0.6) is 0 Å². The first-order valence-corrected chi connectivity index (χ1v) is 5.81. The van der Waals surface area contributed by atoms with Gasteiger partial charge in [0.2, 0.25) is 0 Å². The molecule has 1 unspecified atom stereocenters. The van der Waals surface area contributed by atoms with E-state index in [1.165, 1.54) is 12.8 Å². The Balaban J connectivity index is 2.12. The summed E-state index contributed by atoms with van der Waals surface area (Å²) in [7, 11) is 1.93. The Labute approximate surface area is 94.7 Å². The first-order chi connectivity index (χ1) is 7.81. The fourth-order valence-electron chi connectivity index (χ4n) is 2.24.